The summed E-state index contributed by atoms with van der Waals surface area (Å²) in [6.45, 7) is 2.05. The Morgan fingerprint density at radius 1 is 1.33 bits per heavy atom. The highest BCUT2D eigenvalue weighted by Crippen LogP contribution is 2.28. The zero-order valence-electron chi connectivity index (χ0n) is 12.6. The summed E-state index contributed by atoms with van der Waals surface area (Å²) in [5, 5.41) is 12.2. The quantitative estimate of drug-likeness (QED) is 0.567. The van der Waals surface area contributed by atoms with Crippen LogP contribution in [0.1, 0.15) is 15.4 Å². The molecule has 0 bridgehead atoms. The Bertz CT molecular complexity index is 981. The summed E-state index contributed by atoms with van der Waals surface area (Å²) in [4.78, 5) is 18.9. The van der Waals surface area contributed by atoms with Crippen molar-refractivity contribution in [3.05, 3.63) is 52.5 Å². The smallest absolute Gasteiger partial charge is 0.276 e. The van der Waals surface area contributed by atoms with Crippen molar-refractivity contribution in [1.82, 2.24) is 15.2 Å². The molecule has 0 spiro atoms. The van der Waals surface area contributed by atoms with Crippen LogP contribution in [0.4, 0.5) is 5.82 Å². The zero-order valence-corrected chi connectivity index (χ0v) is 14.2. The summed E-state index contributed by atoms with van der Waals surface area (Å²) in [5.74, 6) is 0.812. The molecule has 0 aliphatic heterocycles. The maximum absolute atomic E-state index is 12.3. The van der Waals surface area contributed by atoms with E-state index < -0.39 is 0 Å². The van der Waals surface area contributed by atoms with E-state index >= 15 is 0 Å². The molecule has 0 fully saturated rings. The Hall–Kier alpha value is -2.71. The third-order valence-corrected chi connectivity index (χ3v) is 5.18. The summed E-state index contributed by atoms with van der Waals surface area (Å²) in [6, 6.07) is 9.47. The predicted octanol–water partition coefficient (Wildman–Crippen LogP) is 4.42. The first-order valence-electron chi connectivity index (χ1n) is 7.12. The fraction of sp³-hybridized carbons (Fsp3) is 0.0625. The van der Waals surface area contributed by atoms with Crippen molar-refractivity contribution in [2.24, 2.45) is 0 Å². The lowest BCUT2D eigenvalue weighted by Crippen LogP contribution is -2.12. The van der Waals surface area contributed by atoms with E-state index in [0.29, 0.717) is 22.3 Å². The number of nitrogens with zero attached hydrogens (tertiary/aromatic N) is 2. The number of amides is 1. The van der Waals surface area contributed by atoms with Gasteiger partial charge in [-0.25, -0.2) is 4.98 Å². The molecular formula is C16H12N4O2S2. The summed E-state index contributed by atoms with van der Waals surface area (Å²) in [7, 11) is 0. The number of aromatic amines is 1. The minimum absolute atomic E-state index is 0.301. The van der Waals surface area contributed by atoms with Gasteiger partial charge in [0.1, 0.15) is 5.69 Å². The van der Waals surface area contributed by atoms with Gasteiger partial charge in [0.15, 0.2) is 16.6 Å². The highest BCUT2D eigenvalue weighted by Gasteiger charge is 2.15. The second-order valence-corrected chi connectivity index (χ2v) is 7.19. The number of hydrogen-bond acceptors (Lipinski definition) is 6. The van der Waals surface area contributed by atoms with E-state index in [2.05, 4.69) is 20.5 Å². The first-order chi connectivity index (χ1) is 11.7. The van der Waals surface area contributed by atoms with Gasteiger partial charge in [-0.2, -0.15) is 5.10 Å². The zero-order chi connectivity index (χ0) is 16.5. The Balaban J connectivity index is 1.49. The van der Waals surface area contributed by atoms with Gasteiger partial charge < -0.3 is 9.73 Å². The van der Waals surface area contributed by atoms with Gasteiger partial charge in [0, 0.05) is 16.3 Å². The Labute approximate surface area is 145 Å². The number of aryl methyl sites for hydroxylation is 1. The van der Waals surface area contributed by atoms with Gasteiger partial charge in [0.25, 0.3) is 5.91 Å². The normalized spacial score (nSPS) is 10.9. The van der Waals surface area contributed by atoms with Crippen LogP contribution in [0, 0.1) is 6.92 Å². The maximum Gasteiger partial charge on any atom is 0.276 e. The van der Waals surface area contributed by atoms with E-state index in [-0.39, 0.29) is 5.91 Å². The molecule has 0 saturated heterocycles. The van der Waals surface area contributed by atoms with Crippen molar-refractivity contribution >= 4 is 34.4 Å². The lowest BCUT2D eigenvalue weighted by atomic mass is 10.3. The second kappa shape index (κ2) is 6.06. The fourth-order valence-electron chi connectivity index (χ4n) is 2.16. The van der Waals surface area contributed by atoms with Crippen LogP contribution in [0.2, 0.25) is 0 Å². The number of aromatic nitrogens is 3. The number of carbonyl (C=O) groups excluding carboxylic acids is 1. The maximum atomic E-state index is 12.3. The number of hydrogen-bond donors (Lipinski definition) is 2. The molecule has 0 atom stereocenters. The molecule has 6 nitrogen and oxygen atoms in total. The third-order valence-electron chi connectivity index (χ3n) is 3.29. The van der Waals surface area contributed by atoms with Crippen molar-refractivity contribution < 1.29 is 9.21 Å². The number of anilines is 1. The van der Waals surface area contributed by atoms with Crippen molar-refractivity contribution in [1.29, 1.82) is 0 Å². The third kappa shape index (κ3) is 2.89. The Morgan fingerprint density at radius 2 is 2.25 bits per heavy atom. The number of H-pyrrole nitrogens is 1. The molecule has 120 valence electrons. The van der Waals surface area contributed by atoms with Gasteiger partial charge >= 0.3 is 0 Å². The topological polar surface area (TPSA) is 83.8 Å². The molecule has 0 unspecified atom stereocenters. The molecule has 4 rings (SSSR count). The lowest BCUT2D eigenvalue weighted by Gasteiger charge is -1.97. The molecule has 4 aromatic rings. The van der Waals surface area contributed by atoms with Gasteiger partial charge in [-0.15, -0.1) is 22.7 Å². The molecule has 0 saturated carbocycles. The summed E-state index contributed by atoms with van der Waals surface area (Å²) in [5.41, 5.74) is 1.21. The first kappa shape index (κ1) is 14.9. The number of nitrogens with one attached hydrogen (secondary N) is 2. The molecule has 4 aromatic heterocycles. The van der Waals surface area contributed by atoms with Gasteiger partial charge in [-0.05, 0) is 31.2 Å². The lowest BCUT2D eigenvalue weighted by molar-refractivity contribution is 0.102. The molecule has 1 amide bonds. The molecular weight excluding hydrogens is 344 g/mol. The van der Waals surface area contributed by atoms with Crippen molar-refractivity contribution in [2.45, 2.75) is 6.92 Å². The minimum Gasteiger partial charge on any atom is -0.462 e. The van der Waals surface area contributed by atoms with Crippen molar-refractivity contribution in [3.8, 4) is 21.3 Å². The van der Waals surface area contributed by atoms with Crippen LogP contribution in [0.15, 0.2) is 46.4 Å². The predicted molar refractivity (Wildman–Crippen MR) is 94.4 cm³/mol. The number of thiazole rings is 1. The number of rotatable bonds is 4. The van der Waals surface area contributed by atoms with Gasteiger partial charge in [0.2, 0.25) is 0 Å². The molecule has 24 heavy (non-hydrogen) atoms. The van der Waals surface area contributed by atoms with Crippen LogP contribution in [0.5, 0.6) is 0 Å². The second-order valence-electron chi connectivity index (χ2n) is 5.05. The largest absolute Gasteiger partial charge is 0.462 e. The van der Waals surface area contributed by atoms with Crippen LogP contribution in [-0.4, -0.2) is 21.1 Å². The van der Waals surface area contributed by atoms with Gasteiger partial charge in [-0.3, -0.25) is 9.89 Å². The fourth-order valence-corrected chi connectivity index (χ4v) is 3.76. The minimum atomic E-state index is -0.301. The number of thiophene rings is 1. The van der Waals surface area contributed by atoms with Crippen LogP contribution < -0.4 is 5.32 Å². The summed E-state index contributed by atoms with van der Waals surface area (Å²) in [6.07, 6.45) is 1.58. The number of furan rings is 1. The Kier molecular flexibility index (Phi) is 3.75. The van der Waals surface area contributed by atoms with E-state index in [4.69, 9.17) is 4.42 Å². The van der Waals surface area contributed by atoms with E-state index in [1.807, 2.05) is 31.2 Å². The molecule has 0 aromatic carbocycles. The van der Waals surface area contributed by atoms with Crippen molar-refractivity contribution in [2.75, 3.05) is 5.32 Å². The molecule has 0 aliphatic carbocycles. The van der Waals surface area contributed by atoms with E-state index in [1.54, 1.807) is 29.0 Å². The Morgan fingerprint density at radius 3 is 3.00 bits per heavy atom. The molecule has 0 aliphatic rings. The van der Waals surface area contributed by atoms with Crippen LogP contribution >= 0.6 is 22.7 Å². The molecule has 0 radical (unpaired) electrons. The highest BCUT2D eigenvalue weighted by atomic mass is 32.1. The standard InChI is InChI=1S/C16H12N4O2S2/c1-9-4-5-13(24-9)10-7-14(20-19-10)18-15(21)11-8-23-16(17-11)12-3-2-6-22-12/h2-8H,1H3,(H2,18,19,20,21). The van der Waals surface area contributed by atoms with E-state index in [1.165, 1.54) is 16.2 Å². The van der Waals surface area contributed by atoms with Crippen molar-refractivity contribution in [3.63, 3.8) is 0 Å². The van der Waals surface area contributed by atoms with Gasteiger partial charge in [-0.1, -0.05) is 0 Å². The van der Waals surface area contributed by atoms with Crippen LogP contribution in [0.25, 0.3) is 21.3 Å². The highest BCUT2D eigenvalue weighted by molar-refractivity contribution is 7.15. The average Bonchev–Trinajstić information content (AvgIpc) is 3.34. The molecule has 2 N–H and O–H groups in total. The van der Waals surface area contributed by atoms with E-state index in [9.17, 15) is 4.79 Å². The molecule has 8 heteroatoms. The SMILES string of the molecule is Cc1ccc(-c2cc(NC(=O)c3csc(-c4ccco4)n3)n[nH]2)s1. The van der Waals surface area contributed by atoms with Crippen LogP contribution in [-0.2, 0) is 0 Å². The monoisotopic (exact) mass is 356 g/mol. The van der Waals surface area contributed by atoms with Crippen LogP contribution in [0.3, 0.4) is 0 Å². The summed E-state index contributed by atoms with van der Waals surface area (Å²) >= 11 is 3.02. The first-order valence-corrected chi connectivity index (χ1v) is 8.81. The average molecular weight is 356 g/mol. The van der Waals surface area contributed by atoms with Gasteiger partial charge in [0.05, 0.1) is 16.8 Å². The molecule has 4 heterocycles. The van der Waals surface area contributed by atoms with E-state index in [0.717, 1.165) is 10.6 Å². The number of carbonyl (C=O) groups is 1. The summed E-state index contributed by atoms with van der Waals surface area (Å²) < 4.78 is 5.29.